The van der Waals surface area contributed by atoms with Crippen molar-refractivity contribution in [2.24, 2.45) is 0 Å². The quantitative estimate of drug-likeness (QED) is 0.744. The highest BCUT2D eigenvalue weighted by Crippen LogP contribution is 2.28. The summed E-state index contributed by atoms with van der Waals surface area (Å²) in [5, 5.41) is 10.3. The summed E-state index contributed by atoms with van der Waals surface area (Å²) in [4.78, 5) is 15.3. The Kier molecular flexibility index (Phi) is 5.01. The molecule has 0 amide bonds. The first-order valence-electron chi connectivity index (χ1n) is 8.72. The largest absolute Gasteiger partial charge is 0.390 e. The molecule has 1 aliphatic heterocycles. The lowest BCUT2D eigenvalue weighted by atomic mass is 10.1. The third-order valence-electron chi connectivity index (χ3n) is 4.60. The summed E-state index contributed by atoms with van der Waals surface area (Å²) in [6.45, 7) is 0.635. The Labute approximate surface area is 161 Å². The van der Waals surface area contributed by atoms with Crippen molar-refractivity contribution in [2.75, 3.05) is 18.0 Å². The van der Waals surface area contributed by atoms with Gasteiger partial charge in [0, 0.05) is 41.2 Å². The third kappa shape index (κ3) is 3.91. The highest BCUT2D eigenvalue weighted by atomic mass is 35.5. The molecule has 3 heterocycles. The number of hydrogen-bond acceptors (Lipinski definition) is 5. The smallest absolute Gasteiger partial charge is 0.163 e. The van der Waals surface area contributed by atoms with Gasteiger partial charge in [0.1, 0.15) is 12.0 Å². The topological polar surface area (TPSA) is 62.1 Å². The van der Waals surface area contributed by atoms with E-state index in [2.05, 4.69) is 15.0 Å². The van der Waals surface area contributed by atoms with E-state index in [1.807, 2.05) is 35.2 Å². The minimum absolute atomic E-state index is 0.102. The maximum absolute atomic E-state index is 14.0. The van der Waals surface area contributed by atoms with Gasteiger partial charge in [-0.3, -0.25) is 4.98 Å². The van der Waals surface area contributed by atoms with E-state index in [0.29, 0.717) is 29.6 Å². The Hall–Kier alpha value is -2.57. The van der Waals surface area contributed by atoms with Crippen LogP contribution in [0.3, 0.4) is 0 Å². The molecule has 3 aromatic rings. The van der Waals surface area contributed by atoms with E-state index in [1.165, 1.54) is 0 Å². The third-order valence-corrected chi connectivity index (χ3v) is 4.86. The number of piperidine rings is 1. The van der Waals surface area contributed by atoms with E-state index in [-0.39, 0.29) is 6.54 Å². The number of rotatable bonds is 3. The zero-order valence-electron chi connectivity index (χ0n) is 14.5. The Morgan fingerprint density at radius 3 is 2.63 bits per heavy atom. The van der Waals surface area contributed by atoms with Crippen LogP contribution < -0.4 is 4.90 Å². The number of pyridine rings is 1. The Morgan fingerprint density at radius 2 is 1.93 bits per heavy atom. The normalized spacial score (nSPS) is 19.9. The van der Waals surface area contributed by atoms with Gasteiger partial charge in [-0.25, -0.2) is 14.4 Å². The van der Waals surface area contributed by atoms with Crippen LogP contribution in [0.25, 0.3) is 22.6 Å². The van der Waals surface area contributed by atoms with Gasteiger partial charge in [-0.1, -0.05) is 23.7 Å². The molecule has 0 aliphatic carbocycles. The van der Waals surface area contributed by atoms with Gasteiger partial charge in [0.05, 0.1) is 18.3 Å². The van der Waals surface area contributed by atoms with Gasteiger partial charge < -0.3 is 10.0 Å². The number of anilines is 1. The van der Waals surface area contributed by atoms with Gasteiger partial charge in [0.2, 0.25) is 0 Å². The van der Waals surface area contributed by atoms with Crippen LogP contribution in [0.15, 0.2) is 54.9 Å². The summed E-state index contributed by atoms with van der Waals surface area (Å²) in [6.07, 6.45) is 1.53. The average Bonchev–Trinajstić information content (AvgIpc) is 2.71. The minimum atomic E-state index is -1.30. The number of nitrogens with zero attached hydrogens (tertiary/aromatic N) is 4. The number of aromatic nitrogens is 3. The second-order valence-electron chi connectivity index (χ2n) is 6.50. The van der Waals surface area contributed by atoms with Gasteiger partial charge in [-0.05, 0) is 30.7 Å². The van der Waals surface area contributed by atoms with E-state index >= 15 is 0 Å². The molecule has 1 N–H and O–H groups in total. The van der Waals surface area contributed by atoms with Crippen molar-refractivity contribution in [3.8, 4) is 22.6 Å². The summed E-state index contributed by atoms with van der Waals surface area (Å²) in [5.74, 6) is 1.15. The summed E-state index contributed by atoms with van der Waals surface area (Å²) in [5.41, 5.74) is 2.39. The van der Waals surface area contributed by atoms with Crippen molar-refractivity contribution in [3.05, 3.63) is 59.9 Å². The van der Waals surface area contributed by atoms with Gasteiger partial charge in [-0.15, -0.1) is 0 Å². The maximum atomic E-state index is 14.0. The van der Waals surface area contributed by atoms with Crippen LogP contribution in [0.4, 0.5) is 10.2 Å². The van der Waals surface area contributed by atoms with Crippen molar-refractivity contribution in [1.82, 2.24) is 15.0 Å². The molecule has 5 nitrogen and oxygen atoms in total. The van der Waals surface area contributed by atoms with Gasteiger partial charge >= 0.3 is 0 Å². The van der Waals surface area contributed by atoms with Gasteiger partial charge in [0.25, 0.3) is 0 Å². The van der Waals surface area contributed by atoms with Gasteiger partial charge in [0.15, 0.2) is 5.82 Å². The van der Waals surface area contributed by atoms with Crippen LogP contribution in [0.2, 0.25) is 5.02 Å². The molecule has 2 aromatic heterocycles. The molecule has 138 valence electrons. The zero-order valence-corrected chi connectivity index (χ0v) is 15.2. The highest BCUT2D eigenvalue weighted by Gasteiger charge is 2.28. The molecule has 2 atom stereocenters. The number of halogens is 2. The van der Waals surface area contributed by atoms with E-state index < -0.39 is 12.3 Å². The first kappa shape index (κ1) is 17.8. The predicted octanol–water partition coefficient (Wildman–Crippen LogP) is 3.77. The second kappa shape index (κ2) is 7.58. The van der Waals surface area contributed by atoms with Crippen LogP contribution in [0.5, 0.6) is 0 Å². The summed E-state index contributed by atoms with van der Waals surface area (Å²) in [6, 6.07) is 12.9. The molecule has 1 aromatic carbocycles. The summed E-state index contributed by atoms with van der Waals surface area (Å²) < 4.78 is 14.0. The summed E-state index contributed by atoms with van der Waals surface area (Å²) >= 11 is 5.99. The first-order valence-corrected chi connectivity index (χ1v) is 9.10. The number of benzene rings is 1. The fraction of sp³-hybridized carbons (Fsp3) is 0.250. The Bertz CT molecular complexity index is 923. The van der Waals surface area contributed by atoms with Crippen molar-refractivity contribution in [2.45, 2.75) is 18.7 Å². The fourth-order valence-corrected chi connectivity index (χ4v) is 3.22. The van der Waals surface area contributed by atoms with E-state index in [0.717, 1.165) is 16.8 Å². The number of alkyl halides is 1. The number of hydrogen-bond donors (Lipinski definition) is 1. The van der Waals surface area contributed by atoms with Crippen molar-refractivity contribution < 1.29 is 9.50 Å². The molecule has 1 saturated heterocycles. The molecule has 1 aliphatic rings. The molecular formula is C20H18ClFN4O. The molecule has 0 saturated carbocycles. The second-order valence-corrected chi connectivity index (χ2v) is 6.94. The van der Waals surface area contributed by atoms with Crippen LogP contribution >= 0.6 is 11.6 Å². The maximum Gasteiger partial charge on any atom is 0.163 e. The molecule has 27 heavy (non-hydrogen) atoms. The lowest BCUT2D eigenvalue weighted by Gasteiger charge is -2.33. The Balaban J connectivity index is 1.78. The van der Waals surface area contributed by atoms with Gasteiger partial charge in [-0.2, -0.15) is 0 Å². The monoisotopic (exact) mass is 384 g/mol. The highest BCUT2D eigenvalue weighted by molar-refractivity contribution is 6.30. The molecular weight excluding hydrogens is 367 g/mol. The molecule has 0 bridgehead atoms. The predicted molar refractivity (Wildman–Crippen MR) is 103 cm³/mol. The van der Waals surface area contributed by atoms with Crippen LogP contribution in [-0.2, 0) is 0 Å². The molecule has 7 heteroatoms. The van der Waals surface area contributed by atoms with Crippen molar-refractivity contribution >= 4 is 17.4 Å². The van der Waals surface area contributed by atoms with E-state index in [1.54, 1.807) is 24.5 Å². The molecule has 4 rings (SSSR count). The first-order chi connectivity index (χ1) is 13.1. The van der Waals surface area contributed by atoms with Crippen molar-refractivity contribution in [1.29, 1.82) is 0 Å². The summed E-state index contributed by atoms with van der Waals surface area (Å²) in [7, 11) is 0. The molecule has 1 fully saturated rings. The number of aliphatic hydroxyl groups is 1. The fourth-order valence-electron chi connectivity index (χ4n) is 3.09. The minimum Gasteiger partial charge on any atom is -0.390 e. The van der Waals surface area contributed by atoms with E-state index in [4.69, 9.17) is 11.6 Å². The zero-order chi connectivity index (χ0) is 18.8. The standard InChI is InChI=1S/C20H18ClFN4O/c21-15-5-3-13(4-6-15)17-10-19(26-9-7-18(27)16(22)12-26)25-20(24-17)14-2-1-8-23-11-14/h1-6,8,10-11,16,18,27H,7,9,12H2/t16-,18+/m1/s1. The van der Waals surface area contributed by atoms with Crippen molar-refractivity contribution in [3.63, 3.8) is 0 Å². The molecule has 0 unspecified atom stereocenters. The molecule has 0 radical (unpaired) electrons. The van der Waals surface area contributed by atoms with Crippen LogP contribution in [-0.4, -0.2) is 45.4 Å². The lowest BCUT2D eigenvalue weighted by Crippen LogP contribution is -2.45. The molecule has 0 spiro atoms. The van der Waals surface area contributed by atoms with E-state index in [9.17, 15) is 9.50 Å². The lowest BCUT2D eigenvalue weighted by molar-refractivity contribution is 0.0614. The number of aliphatic hydroxyl groups excluding tert-OH is 1. The average molecular weight is 385 g/mol. The Morgan fingerprint density at radius 1 is 1.11 bits per heavy atom. The van der Waals surface area contributed by atoms with Crippen LogP contribution in [0.1, 0.15) is 6.42 Å². The van der Waals surface area contributed by atoms with Crippen LogP contribution in [0, 0.1) is 0 Å². The SMILES string of the molecule is O[C@H]1CCN(c2cc(-c3ccc(Cl)cc3)nc(-c3cccnc3)n2)C[C@H]1F.